The third-order valence-electron chi connectivity index (χ3n) is 2.01. The minimum absolute atomic E-state index is 0.204. The van der Waals surface area contributed by atoms with E-state index in [1.54, 1.807) is 13.0 Å². The largest absolute Gasteiger partial charge is 0.478 e. The number of hydrogen-bond acceptors (Lipinski definition) is 3. The van der Waals surface area contributed by atoms with Crippen LogP contribution >= 0.6 is 0 Å². The van der Waals surface area contributed by atoms with Crippen molar-refractivity contribution in [1.82, 2.24) is 5.32 Å². The van der Waals surface area contributed by atoms with Gasteiger partial charge in [0.05, 0.1) is 0 Å². The van der Waals surface area contributed by atoms with E-state index in [2.05, 4.69) is 5.32 Å². The topological polar surface area (TPSA) is 69.6 Å². The Balaban J connectivity index is 3.62. The normalized spacial score (nSPS) is 14.1. The molecule has 0 saturated heterocycles. The van der Waals surface area contributed by atoms with Crippen LogP contribution in [0.4, 0.5) is 0 Å². The average molecular weight is 201 g/mol. The standard InChI is InChI=1S/C10H19NO3/c1-8(10(13)14)5-6-11-9(2)4-3-7-12/h5,9,11-12H,3-4,6-7H2,1-2H3,(H,13,14)/b8-5-. The van der Waals surface area contributed by atoms with Gasteiger partial charge in [-0.15, -0.1) is 0 Å². The Hall–Kier alpha value is -0.870. The number of aliphatic carboxylic acids is 1. The lowest BCUT2D eigenvalue weighted by Gasteiger charge is -2.10. The molecule has 0 fully saturated rings. The summed E-state index contributed by atoms with van der Waals surface area (Å²) in [5, 5.41) is 20.3. The molecule has 0 bridgehead atoms. The first-order valence-electron chi connectivity index (χ1n) is 4.82. The predicted octanol–water partition coefficient (Wildman–Crippen LogP) is 0.768. The van der Waals surface area contributed by atoms with Crippen molar-refractivity contribution in [2.75, 3.05) is 13.2 Å². The smallest absolute Gasteiger partial charge is 0.330 e. The van der Waals surface area contributed by atoms with E-state index in [1.807, 2.05) is 6.92 Å². The van der Waals surface area contributed by atoms with E-state index in [9.17, 15) is 4.79 Å². The molecule has 4 nitrogen and oxygen atoms in total. The van der Waals surface area contributed by atoms with Crippen LogP contribution in [-0.4, -0.2) is 35.4 Å². The second kappa shape index (κ2) is 7.53. The first kappa shape index (κ1) is 13.1. The lowest BCUT2D eigenvalue weighted by molar-refractivity contribution is -0.132. The summed E-state index contributed by atoms with van der Waals surface area (Å²) in [6.07, 6.45) is 3.32. The van der Waals surface area contributed by atoms with Gasteiger partial charge in [0.2, 0.25) is 0 Å². The fraction of sp³-hybridized carbons (Fsp3) is 0.700. The Kier molecular flexibility index (Phi) is 7.06. The third kappa shape index (κ3) is 6.62. The van der Waals surface area contributed by atoms with E-state index in [0.717, 1.165) is 12.8 Å². The van der Waals surface area contributed by atoms with Crippen molar-refractivity contribution >= 4 is 5.97 Å². The number of aliphatic hydroxyl groups is 1. The molecule has 0 radical (unpaired) electrons. The predicted molar refractivity (Wildman–Crippen MR) is 55.2 cm³/mol. The van der Waals surface area contributed by atoms with Crippen molar-refractivity contribution in [2.24, 2.45) is 0 Å². The summed E-state index contributed by atoms with van der Waals surface area (Å²) in [7, 11) is 0. The van der Waals surface area contributed by atoms with Gasteiger partial charge < -0.3 is 15.5 Å². The Morgan fingerprint density at radius 1 is 1.57 bits per heavy atom. The third-order valence-corrected chi connectivity index (χ3v) is 2.01. The molecule has 0 saturated carbocycles. The highest BCUT2D eigenvalue weighted by atomic mass is 16.4. The molecule has 0 aliphatic heterocycles. The first-order chi connectivity index (χ1) is 6.57. The maximum atomic E-state index is 10.4. The quantitative estimate of drug-likeness (QED) is 0.532. The van der Waals surface area contributed by atoms with Gasteiger partial charge in [-0.3, -0.25) is 0 Å². The summed E-state index contributed by atoms with van der Waals surface area (Å²) in [6, 6.07) is 0.306. The van der Waals surface area contributed by atoms with Gasteiger partial charge in [-0.1, -0.05) is 6.08 Å². The Morgan fingerprint density at radius 3 is 2.71 bits per heavy atom. The zero-order valence-electron chi connectivity index (χ0n) is 8.79. The SMILES string of the molecule is C/C(=C/CNC(C)CCCO)C(=O)O. The van der Waals surface area contributed by atoms with Crippen molar-refractivity contribution < 1.29 is 15.0 Å². The van der Waals surface area contributed by atoms with Gasteiger partial charge in [0.1, 0.15) is 0 Å². The second-order valence-electron chi connectivity index (χ2n) is 3.37. The highest BCUT2D eigenvalue weighted by Crippen LogP contribution is 1.96. The molecule has 0 amide bonds. The van der Waals surface area contributed by atoms with Crippen LogP contribution in [0.15, 0.2) is 11.6 Å². The molecule has 0 rings (SSSR count). The zero-order valence-corrected chi connectivity index (χ0v) is 8.79. The molecule has 0 aromatic rings. The Bertz CT molecular complexity index is 202. The number of nitrogens with one attached hydrogen (secondary N) is 1. The number of rotatable bonds is 7. The van der Waals surface area contributed by atoms with E-state index >= 15 is 0 Å². The zero-order chi connectivity index (χ0) is 11.0. The maximum Gasteiger partial charge on any atom is 0.330 e. The van der Waals surface area contributed by atoms with Gasteiger partial charge >= 0.3 is 5.97 Å². The van der Waals surface area contributed by atoms with Crippen LogP contribution in [0.3, 0.4) is 0 Å². The van der Waals surface area contributed by atoms with E-state index in [1.165, 1.54) is 0 Å². The van der Waals surface area contributed by atoms with Gasteiger partial charge in [0.15, 0.2) is 0 Å². The van der Waals surface area contributed by atoms with Gasteiger partial charge in [-0.05, 0) is 26.7 Å². The van der Waals surface area contributed by atoms with Crippen LogP contribution in [0.2, 0.25) is 0 Å². The molecule has 0 aliphatic carbocycles. The minimum Gasteiger partial charge on any atom is -0.478 e. The molecule has 0 aromatic carbocycles. The van der Waals surface area contributed by atoms with Crippen LogP contribution < -0.4 is 5.32 Å². The van der Waals surface area contributed by atoms with Gasteiger partial charge in [-0.2, -0.15) is 0 Å². The van der Waals surface area contributed by atoms with Crippen molar-refractivity contribution in [3.8, 4) is 0 Å². The van der Waals surface area contributed by atoms with E-state index in [-0.39, 0.29) is 6.61 Å². The summed E-state index contributed by atoms with van der Waals surface area (Å²) < 4.78 is 0. The Morgan fingerprint density at radius 2 is 2.21 bits per heavy atom. The number of carboxylic acid groups (broad SMARTS) is 1. The molecule has 3 N–H and O–H groups in total. The first-order valence-corrected chi connectivity index (χ1v) is 4.82. The fourth-order valence-corrected chi connectivity index (χ4v) is 1.00. The lowest BCUT2D eigenvalue weighted by Crippen LogP contribution is -2.26. The number of hydrogen-bond donors (Lipinski definition) is 3. The highest BCUT2D eigenvalue weighted by Gasteiger charge is 2.01. The fourth-order valence-electron chi connectivity index (χ4n) is 1.00. The van der Waals surface area contributed by atoms with Gasteiger partial charge in [0.25, 0.3) is 0 Å². The van der Waals surface area contributed by atoms with Gasteiger partial charge in [0, 0.05) is 24.8 Å². The van der Waals surface area contributed by atoms with Crippen LogP contribution in [0.1, 0.15) is 26.7 Å². The molecule has 0 spiro atoms. The van der Waals surface area contributed by atoms with Crippen LogP contribution in [-0.2, 0) is 4.79 Å². The van der Waals surface area contributed by atoms with Crippen molar-refractivity contribution in [3.05, 3.63) is 11.6 Å². The van der Waals surface area contributed by atoms with Crippen LogP contribution in [0, 0.1) is 0 Å². The number of aliphatic hydroxyl groups excluding tert-OH is 1. The van der Waals surface area contributed by atoms with Crippen LogP contribution in [0.5, 0.6) is 0 Å². The van der Waals surface area contributed by atoms with Crippen molar-refractivity contribution in [3.63, 3.8) is 0 Å². The summed E-state index contributed by atoms with van der Waals surface area (Å²) in [6.45, 7) is 4.35. The molecular formula is C10H19NO3. The molecule has 0 aliphatic rings. The molecule has 0 aromatic heterocycles. The summed E-state index contributed by atoms with van der Waals surface area (Å²) in [4.78, 5) is 10.4. The Labute approximate surface area is 84.6 Å². The van der Waals surface area contributed by atoms with E-state index in [4.69, 9.17) is 10.2 Å². The molecule has 1 unspecified atom stereocenters. The van der Waals surface area contributed by atoms with Gasteiger partial charge in [-0.25, -0.2) is 4.79 Å². The summed E-state index contributed by atoms with van der Waals surface area (Å²) >= 11 is 0. The average Bonchev–Trinajstić information content (AvgIpc) is 2.14. The minimum atomic E-state index is -0.880. The molecule has 0 heterocycles. The van der Waals surface area contributed by atoms with E-state index in [0.29, 0.717) is 18.2 Å². The maximum absolute atomic E-state index is 10.4. The molecule has 82 valence electrons. The molecule has 4 heteroatoms. The number of carboxylic acids is 1. The van der Waals surface area contributed by atoms with Crippen molar-refractivity contribution in [2.45, 2.75) is 32.7 Å². The highest BCUT2D eigenvalue weighted by molar-refractivity contribution is 5.85. The lowest BCUT2D eigenvalue weighted by atomic mass is 10.2. The summed E-state index contributed by atoms with van der Waals surface area (Å²) in [5.41, 5.74) is 0.354. The monoisotopic (exact) mass is 201 g/mol. The summed E-state index contributed by atoms with van der Waals surface area (Å²) in [5.74, 6) is -0.880. The molecule has 14 heavy (non-hydrogen) atoms. The molecular weight excluding hydrogens is 182 g/mol. The number of carbonyl (C=O) groups is 1. The second-order valence-corrected chi connectivity index (χ2v) is 3.37. The molecule has 1 atom stereocenters. The van der Waals surface area contributed by atoms with Crippen LogP contribution in [0.25, 0.3) is 0 Å². The van der Waals surface area contributed by atoms with Crippen molar-refractivity contribution in [1.29, 1.82) is 0 Å². The van der Waals surface area contributed by atoms with E-state index < -0.39 is 5.97 Å².